The highest BCUT2D eigenvalue weighted by Gasteiger charge is 2.22. The van der Waals surface area contributed by atoms with Crippen LogP contribution in [0.2, 0.25) is 5.02 Å². The van der Waals surface area contributed by atoms with Crippen LogP contribution in [0.5, 0.6) is 17.2 Å². The fourth-order valence-electron chi connectivity index (χ4n) is 1.66. The number of carbonyl (C=O) groups is 1. The predicted octanol–water partition coefficient (Wildman–Crippen LogP) is 2.18. The van der Waals surface area contributed by atoms with Gasteiger partial charge in [-0.15, -0.1) is 0 Å². The normalized spacial score (nSPS) is 12.8. The number of benzene rings is 1. The standard InChI is InChI=1S/C11H11ClO5/c12-9-10(15)6(2-1-3-8(13)14)4-7-11(9)17-5-16-7/h4,15H,1-3,5H2,(H,13,14). The van der Waals surface area contributed by atoms with Crippen LogP contribution in [0.1, 0.15) is 18.4 Å². The van der Waals surface area contributed by atoms with Crippen molar-refractivity contribution in [1.29, 1.82) is 0 Å². The van der Waals surface area contributed by atoms with Gasteiger partial charge in [-0.2, -0.15) is 0 Å². The molecule has 1 aromatic carbocycles. The van der Waals surface area contributed by atoms with E-state index in [-0.39, 0.29) is 24.0 Å². The number of halogens is 1. The van der Waals surface area contributed by atoms with E-state index in [1.165, 1.54) is 0 Å². The summed E-state index contributed by atoms with van der Waals surface area (Å²) < 4.78 is 10.3. The molecule has 0 aliphatic carbocycles. The zero-order chi connectivity index (χ0) is 12.4. The van der Waals surface area contributed by atoms with E-state index >= 15 is 0 Å². The van der Waals surface area contributed by atoms with Crippen LogP contribution in [0.25, 0.3) is 0 Å². The highest BCUT2D eigenvalue weighted by Crippen LogP contribution is 2.46. The lowest BCUT2D eigenvalue weighted by Gasteiger charge is -2.08. The maximum absolute atomic E-state index is 10.4. The number of aryl methyl sites for hydroxylation is 1. The molecule has 0 bridgehead atoms. The number of fused-ring (bicyclic) bond motifs is 1. The molecule has 0 fully saturated rings. The quantitative estimate of drug-likeness (QED) is 0.866. The van der Waals surface area contributed by atoms with Gasteiger partial charge in [-0.1, -0.05) is 11.6 Å². The molecule has 2 rings (SSSR count). The van der Waals surface area contributed by atoms with Crippen LogP contribution in [0.4, 0.5) is 0 Å². The highest BCUT2D eigenvalue weighted by atomic mass is 35.5. The summed E-state index contributed by atoms with van der Waals surface area (Å²) in [6.07, 6.45) is 0.902. The molecule has 0 aromatic heterocycles. The fourth-order valence-corrected chi connectivity index (χ4v) is 1.93. The van der Waals surface area contributed by atoms with Crippen molar-refractivity contribution in [2.75, 3.05) is 6.79 Å². The van der Waals surface area contributed by atoms with Gasteiger partial charge < -0.3 is 19.7 Å². The summed E-state index contributed by atoms with van der Waals surface area (Å²) in [6, 6.07) is 1.63. The van der Waals surface area contributed by atoms with Gasteiger partial charge in [0.1, 0.15) is 10.8 Å². The van der Waals surface area contributed by atoms with E-state index in [0.29, 0.717) is 29.9 Å². The van der Waals surface area contributed by atoms with E-state index in [0.717, 1.165) is 0 Å². The SMILES string of the molecule is O=C(O)CCCc1cc2c(c(Cl)c1O)OCO2. The van der Waals surface area contributed by atoms with E-state index in [2.05, 4.69) is 0 Å². The second-order valence-electron chi connectivity index (χ2n) is 3.68. The predicted molar refractivity (Wildman–Crippen MR) is 59.8 cm³/mol. The average molecular weight is 259 g/mol. The zero-order valence-electron chi connectivity index (χ0n) is 8.90. The van der Waals surface area contributed by atoms with Gasteiger partial charge in [-0.05, 0) is 24.5 Å². The maximum atomic E-state index is 10.4. The first-order valence-electron chi connectivity index (χ1n) is 5.11. The summed E-state index contributed by atoms with van der Waals surface area (Å²) in [5.41, 5.74) is 0.570. The number of ether oxygens (including phenoxy) is 2. The Hall–Kier alpha value is -1.62. The first-order chi connectivity index (χ1) is 8.09. The van der Waals surface area contributed by atoms with Gasteiger partial charge in [0.25, 0.3) is 0 Å². The van der Waals surface area contributed by atoms with Gasteiger partial charge in [0, 0.05) is 6.42 Å². The molecule has 1 aliphatic heterocycles. The number of phenols is 1. The third kappa shape index (κ3) is 2.39. The summed E-state index contributed by atoms with van der Waals surface area (Å²) >= 11 is 5.91. The monoisotopic (exact) mass is 258 g/mol. The van der Waals surface area contributed by atoms with E-state index in [4.69, 9.17) is 26.2 Å². The molecule has 0 amide bonds. The number of hydrogen-bond acceptors (Lipinski definition) is 4. The lowest BCUT2D eigenvalue weighted by atomic mass is 10.1. The van der Waals surface area contributed by atoms with Gasteiger partial charge in [0.2, 0.25) is 6.79 Å². The maximum Gasteiger partial charge on any atom is 0.303 e. The summed E-state index contributed by atoms with van der Waals surface area (Å²) in [5, 5.41) is 18.5. The number of rotatable bonds is 4. The lowest BCUT2D eigenvalue weighted by molar-refractivity contribution is -0.137. The van der Waals surface area contributed by atoms with Crippen molar-refractivity contribution < 1.29 is 24.5 Å². The minimum atomic E-state index is -0.865. The van der Waals surface area contributed by atoms with Crippen molar-refractivity contribution in [3.63, 3.8) is 0 Å². The summed E-state index contributed by atoms with van der Waals surface area (Å²) in [4.78, 5) is 10.4. The molecule has 17 heavy (non-hydrogen) atoms. The molecule has 5 nitrogen and oxygen atoms in total. The van der Waals surface area contributed by atoms with E-state index in [1.807, 2.05) is 0 Å². The second-order valence-corrected chi connectivity index (χ2v) is 4.06. The second kappa shape index (κ2) is 4.71. The number of hydrogen-bond donors (Lipinski definition) is 2. The number of carboxylic acids is 1. The van der Waals surface area contributed by atoms with Crippen LogP contribution < -0.4 is 9.47 Å². The summed E-state index contributed by atoms with van der Waals surface area (Å²) in [7, 11) is 0. The van der Waals surface area contributed by atoms with Gasteiger partial charge in [-0.25, -0.2) is 0 Å². The van der Waals surface area contributed by atoms with Crippen LogP contribution in [-0.2, 0) is 11.2 Å². The van der Waals surface area contributed by atoms with Gasteiger partial charge >= 0.3 is 5.97 Å². The molecule has 0 spiro atoms. The van der Waals surface area contributed by atoms with Crippen molar-refractivity contribution in [3.8, 4) is 17.2 Å². The third-order valence-corrected chi connectivity index (χ3v) is 2.85. The van der Waals surface area contributed by atoms with E-state index in [1.54, 1.807) is 6.07 Å². The molecule has 92 valence electrons. The lowest BCUT2D eigenvalue weighted by Crippen LogP contribution is -1.96. The van der Waals surface area contributed by atoms with Crippen LogP contribution >= 0.6 is 11.6 Å². The Morgan fingerprint density at radius 3 is 2.94 bits per heavy atom. The molecule has 1 aromatic rings. The van der Waals surface area contributed by atoms with Gasteiger partial charge in [0.05, 0.1) is 0 Å². The Labute approximate surface area is 103 Å². The molecule has 2 N–H and O–H groups in total. The Morgan fingerprint density at radius 2 is 2.24 bits per heavy atom. The summed E-state index contributed by atoms with van der Waals surface area (Å²) in [5.74, 6) is -0.109. The van der Waals surface area contributed by atoms with Crippen molar-refractivity contribution >= 4 is 17.6 Å². The van der Waals surface area contributed by atoms with E-state index < -0.39 is 5.97 Å². The number of phenolic OH excluding ortho intramolecular Hbond substituents is 1. The highest BCUT2D eigenvalue weighted by molar-refractivity contribution is 6.34. The van der Waals surface area contributed by atoms with Crippen molar-refractivity contribution in [3.05, 3.63) is 16.7 Å². The average Bonchev–Trinajstić information content (AvgIpc) is 2.72. The molecule has 0 atom stereocenters. The van der Waals surface area contributed by atoms with Gasteiger partial charge in [0.15, 0.2) is 11.5 Å². The smallest absolute Gasteiger partial charge is 0.303 e. The molecular weight excluding hydrogens is 248 g/mol. The first-order valence-corrected chi connectivity index (χ1v) is 5.49. The Morgan fingerprint density at radius 1 is 1.47 bits per heavy atom. The number of carboxylic acid groups (broad SMARTS) is 1. The van der Waals surface area contributed by atoms with Crippen molar-refractivity contribution in [2.24, 2.45) is 0 Å². The molecule has 0 saturated carbocycles. The topological polar surface area (TPSA) is 76.0 Å². The molecule has 0 saturated heterocycles. The Kier molecular flexibility index (Phi) is 3.28. The fraction of sp³-hybridized carbons (Fsp3) is 0.364. The molecule has 1 heterocycles. The van der Waals surface area contributed by atoms with Gasteiger partial charge in [-0.3, -0.25) is 4.79 Å². The van der Waals surface area contributed by atoms with Crippen molar-refractivity contribution in [2.45, 2.75) is 19.3 Å². The first kappa shape index (κ1) is 11.9. The van der Waals surface area contributed by atoms with Crippen molar-refractivity contribution in [1.82, 2.24) is 0 Å². The molecular formula is C11H11ClO5. The van der Waals surface area contributed by atoms with E-state index in [9.17, 15) is 9.90 Å². The Bertz CT molecular complexity index is 458. The van der Waals surface area contributed by atoms with Crippen LogP contribution in [0.15, 0.2) is 6.07 Å². The minimum absolute atomic E-state index is 0.0471. The minimum Gasteiger partial charge on any atom is -0.506 e. The molecule has 0 radical (unpaired) electrons. The number of aromatic hydroxyl groups is 1. The third-order valence-electron chi connectivity index (χ3n) is 2.49. The van der Waals surface area contributed by atoms with Crippen LogP contribution in [0.3, 0.4) is 0 Å². The van der Waals surface area contributed by atoms with Crippen LogP contribution in [0, 0.1) is 0 Å². The largest absolute Gasteiger partial charge is 0.506 e. The number of aliphatic carboxylic acids is 1. The zero-order valence-corrected chi connectivity index (χ0v) is 9.66. The molecule has 1 aliphatic rings. The Balaban J connectivity index is 2.17. The van der Waals surface area contributed by atoms with Crippen LogP contribution in [-0.4, -0.2) is 23.0 Å². The summed E-state index contributed by atoms with van der Waals surface area (Å²) in [6.45, 7) is 0.0765. The molecule has 6 heteroatoms. The molecule has 0 unspecified atom stereocenters.